The molecule has 0 radical (unpaired) electrons. The monoisotopic (exact) mass is 491 g/mol. The first kappa shape index (κ1) is 24.6. The molecule has 0 amide bonds. The second-order valence-electron chi connectivity index (χ2n) is 10.8. The summed E-state index contributed by atoms with van der Waals surface area (Å²) in [5, 5.41) is 0. The van der Waals surface area contributed by atoms with Crippen LogP contribution in [0.3, 0.4) is 0 Å². The lowest BCUT2D eigenvalue weighted by Gasteiger charge is -2.36. The number of ketones is 1. The Labute approximate surface area is 214 Å². The van der Waals surface area contributed by atoms with Gasteiger partial charge in [-0.25, -0.2) is 4.39 Å². The van der Waals surface area contributed by atoms with Crippen LogP contribution < -0.4 is 0 Å². The van der Waals surface area contributed by atoms with Gasteiger partial charge in [-0.2, -0.15) is 0 Å². The van der Waals surface area contributed by atoms with Gasteiger partial charge in [0.1, 0.15) is 5.82 Å². The van der Waals surface area contributed by atoms with E-state index in [1.165, 1.54) is 53.2 Å². The summed E-state index contributed by atoms with van der Waals surface area (Å²) < 4.78 is 13.9. The smallest absolute Gasteiger partial charge is 0.155 e. The number of halogens is 1. The van der Waals surface area contributed by atoms with E-state index in [1.807, 2.05) is 30.8 Å². The number of aryl methyl sites for hydroxylation is 1. The Morgan fingerprint density at radius 1 is 1.06 bits per heavy atom. The Morgan fingerprint density at radius 3 is 2.66 bits per heavy atom. The van der Waals surface area contributed by atoms with Gasteiger partial charge in [0.25, 0.3) is 0 Å². The lowest BCUT2D eigenvalue weighted by Crippen LogP contribution is -2.37. The van der Waals surface area contributed by atoms with Gasteiger partial charge in [0, 0.05) is 18.2 Å². The van der Waals surface area contributed by atoms with Gasteiger partial charge < -0.3 is 4.90 Å². The molecular weight excluding hydrogens is 453 g/mol. The molecule has 1 unspecified atom stereocenters. The highest BCUT2D eigenvalue weighted by atomic mass is 32.2. The summed E-state index contributed by atoms with van der Waals surface area (Å²) in [7, 11) is 0. The first-order valence-corrected chi connectivity index (χ1v) is 14.3. The van der Waals surface area contributed by atoms with Crippen LogP contribution in [0.5, 0.6) is 0 Å². The number of carbonyl (C=O) groups is 1. The zero-order chi connectivity index (χ0) is 24.4. The summed E-state index contributed by atoms with van der Waals surface area (Å²) in [5.41, 5.74) is 5.83. The molecule has 0 spiro atoms. The van der Waals surface area contributed by atoms with Crippen molar-refractivity contribution in [1.82, 2.24) is 4.90 Å². The Balaban J connectivity index is 1.30. The van der Waals surface area contributed by atoms with E-state index in [1.54, 1.807) is 11.6 Å². The molecule has 0 saturated heterocycles. The van der Waals surface area contributed by atoms with E-state index in [2.05, 4.69) is 30.1 Å². The van der Waals surface area contributed by atoms with Gasteiger partial charge in [-0.15, -0.1) is 0 Å². The molecule has 0 aromatic heterocycles. The Hall–Kier alpha value is -2.07. The molecule has 4 aliphatic rings. The van der Waals surface area contributed by atoms with Crippen molar-refractivity contribution in [2.24, 2.45) is 11.8 Å². The average molecular weight is 492 g/mol. The van der Waals surface area contributed by atoms with E-state index >= 15 is 0 Å². The number of rotatable bonds is 5. The molecule has 4 heteroatoms. The number of hydrogen-bond acceptors (Lipinski definition) is 3. The van der Waals surface area contributed by atoms with Crippen LogP contribution in [0.1, 0.15) is 82.3 Å². The molecule has 0 bridgehead atoms. The van der Waals surface area contributed by atoms with Gasteiger partial charge in [-0.3, -0.25) is 4.79 Å². The fourth-order valence-electron chi connectivity index (χ4n) is 6.17. The number of Topliss-reactive ketones (excluding diaryl/α,β-unsaturated/α-hetero) is 1. The highest BCUT2D eigenvalue weighted by molar-refractivity contribution is 8.06. The third kappa shape index (κ3) is 5.69. The molecular formula is C31H38FNOS. The normalized spacial score (nSPS) is 23.8. The third-order valence-corrected chi connectivity index (χ3v) is 9.57. The van der Waals surface area contributed by atoms with Gasteiger partial charge in [0.15, 0.2) is 5.78 Å². The fraction of sp³-hybridized carbons (Fsp3) is 0.516. The topological polar surface area (TPSA) is 20.3 Å². The molecule has 1 atom stereocenters. The highest BCUT2D eigenvalue weighted by Crippen LogP contribution is 2.43. The van der Waals surface area contributed by atoms with E-state index < -0.39 is 0 Å². The van der Waals surface area contributed by atoms with Gasteiger partial charge in [-0.05, 0) is 109 Å². The summed E-state index contributed by atoms with van der Waals surface area (Å²) in [6.45, 7) is 5.31. The molecule has 35 heavy (non-hydrogen) atoms. The standard InChI is InChI=1S/C31H38FNOS/c1-21-18-26(12-14-28(21)32)27-16-17-33(29(19-27)23-6-4-3-5-7-23)20-30(34)24-10-11-25-9-8-22(2)35-31(25)15-13-24/h8,12,14,16,18-19,23-24H,3-7,9-11,13,15,17,20H2,1-2H3. The molecule has 5 rings (SSSR count). The molecule has 1 aromatic carbocycles. The van der Waals surface area contributed by atoms with Crippen LogP contribution >= 0.6 is 11.8 Å². The first-order chi connectivity index (χ1) is 17.0. The second kappa shape index (κ2) is 10.9. The Morgan fingerprint density at radius 2 is 1.86 bits per heavy atom. The van der Waals surface area contributed by atoms with E-state index in [4.69, 9.17) is 0 Å². The lowest BCUT2D eigenvalue weighted by atomic mass is 9.83. The van der Waals surface area contributed by atoms with Crippen molar-refractivity contribution in [3.63, 3.8) is 0 Å². The van der Waals surface area contributed by atoms with Crippen LogP contribution in [0.25, 0.3) is 5.57 Å². The van der Waals surface area contributed by atoms with Gasteiger partial charge in [-0.1, -0.05) is 54.8 Å². The lowest BCUT2D eigenvalue weighted by molar-refractivity contribution is -0.124. The predicted molar refractivity (Wildman–Crippen MR) is 145 cm³/mol. The zero-order valence-corrected chi connectivity index (χ0v) is 22.1. The molecule has 1 saturated carbocycles. The van der Waals surface area contributed by atoms with Crippen molar-refractivity contribution >= 4 is 23.1 Å². The van der Waals surface area contributed by atoms with Crippen LogP contribution in [-0.2, 0) is 4.79 Å². The number of nitrogens with zero attached hydrogens (tertiary/aromatic N) is 1. The van der Waals surface area contributed by atoms with Crippen LogP contribution in [-0.4, -0.2) is 23.8 Å². The summed E-state index contributed by atoms with van der Waals surface area (Å²) in [6, 6.07) is 5.41. The first-order valence-electron chi connectivity index (χ1n) is 13.5. The highest BCUT2D eigenvalue weighted by Gasteiger charge is 2.30. The maximum Gasteiger partial charge on any atom is 0.155 e. The van der Waals surface area contributed by atoms with Crippen molar-refractivity contribution in [1.29, 1.82) is 0 Å². The molecule has 2 nitrogen and oxygen atoms in total. The maximum absolute atomic E-state index is 13.9. The SMILES string of the molecule is CC1=CCC2=C(CCC(C(=O)CN3CC=C(c4ccc(F)c(C)c4)C=C3C3CCCCC3)CC2)S1. The quantitative estimate of drug-likeness (QED) is 0.413. The molecule has 1 aromatic rings. The molecule has 1 fully saturated rings. The molecule has 0 N–H and O–H groups in total. The van der Waals surface area contributed by atoms with Crippen LogP contribution in [0, 0.1) is 24.6 Å². The van der Waals surface area contributed by atoms with E-state index in [-0.39, 0.29) is 11.7 Å². The van der Waals surface area contributed by atoms with Gasteiger partial charge in [0.05, 0.1) is 6.54 Å². The van der Waals surface area contributed by atoms with Gasteiger partial charge >= 0.3 is 0 Å². The van der Waals surface area contributed by atoms with Crippen molar-refractivity contribution < 1.29 is 9.18 Å². The van der Waals surface area contributed by atoms with Crippen molar-refractivity contribution in [3.05, 3.63) is 74.5 Å². The summed E-state index contributed by atoms with van der Waals surface area (Å²) >= 11 is 1.93. The summed E-state index contributed by atoms with van der Waals surface area (Å²) in [4.78, 5) is 18.9. The van der Waals surface area contributed by atoms with E-state index in [9.17, 15) is 9.18 Å². The Kier molecular flexibility index (Phi) is 7.67. The largest absolute Gasteiger partial charge is 0.363 e. The molecule has 2 aliphatic carbocycles. The van der Waals surface area contributed by atoms with Crippen LogP contribution in [0.15, 0.2) is 57.5 Å². The third-order valence-electron chi connectivity index (χ3n) is 8.35. The maximum atomic E-state index is 13.9. The minimum atomic E-state index is -0.155. The fourth-order valence-corrected chi connectivity index (χ4v) is 7.28. The second-order valence-corrected chi connectivity index (χ2v) is 12.1. The number of allylic oxidation sites excluding steroid dienone is 7. The zero-order valence-electron chi connectivity index (χ0n) is 21.2. The van der Waals surface area contributed by atoms with Crippen LogP contribution in [0.2, 0.25) is 0 Å². The Bertz CT molecular complexity index is 1100. The summed E-state index contributed by atoms with van der Waals surface area (Å²) in [6.07, 6.45) is 18.3. The molecule has 2 heterocycles. The summed E-state index contributed by atoms with van der Waals surface area (Å²) in [5.74, 6) is 0.947. The van der Waals surface area contributed by atoms with Crippen molar-refractivity contribution in [2.45, 2.75) is 78.1 Å². The average Bonchev–Trinajstić information content (AvgIpc) is 3.09. The number of benzene rings is 1. The van der Waals surface area contributed by atoms with Crippen molar-refractivity contribution in [2.75, 3.05) is 13.1 Å². The predicted octanol–water partition coefficient (Wildman–Crippen LogP) is 8.35. The number of carbonyl (C=O) groups excluding carboxylic acids is 1. The number of hydrogen-bond donors (Lipinski definition) is 0. The molecule has 186 valence electrons. The van der Waals surface area contributed by atoms with Gasteiger partial charge in [0.2, 0.25) is 0 Å². The van der Waals surface area contributed by atoms with Crippen LogP contribution in [0.4, 0.5) is 4.39 Å². The number of thioether (sulfide) groups is 1. The van der Waals surface area contributed by atoms with Crippen molar-refractivity contribution in [3.8, 4) is 0 Å². The molecule has 2 aliphatic heterocycles. The van der Waals surface area contributed by atoms with E-state index in [0.29, 0.717) is 23.8 Å². The van der Waals surface area contributed by atoms with E-state index in [0.717, 1.165) is 44.2 Å². The minimum absolute atomic E-state index is 0.155. The minimum Gasteiger partial charge on any atom is -0.363 e.